The van der Waals surface area contributed by atoms with Gasteiger partial charge in [0.05, 0.1) is 3.79 Å². The van der Waals surface area contributed by atoms with E-state index in [1.54, 1.807) is 0 Å². The van der Waals surface area contributed by atoms with E-state index >= 15 is 0 Å². The van der Waals surface area contributed by atoms with Crippen molar-refractivity contribution in [2.75, 3.05) is 20.1 Å². The molecule has 0 aromatic carbocycles. The van der Waals surface area contributed by atoms with E-state index in [0.717, 1.165) is 6.42 Å². The Hall–Kier alpha value is 0.1000. The lowest BCUT2D eigenvalue weighted by atomic mass is 9.89. The summed E-state index contributed by atoms with van der Waals surface area (Å²) in [5.74, 6) is 0. The van der Waals surface area contributed by atoms with Crippen LogP contribution in [0.2, 0.25) is 0 Å². The van der Waals surface area contributed by atoms with Crippen LogP contribution in [0.3, 0.4) is 0 Å². The fraction of sp³-hybridized carbons (Fsp3) is 0.714. The normalized spacial score (nSPS) is 19.3. The molecule has 2 heterocycles. The van der Waals surface area contributed by atoms with Crippen LogP contribution in [-0.4, -0.2) is 36.6 Å². The summed E-state index contributed by atoms with van der Waals surface area (Å²) in [7, 11) is 2.09. The first-order chi connectivity index (χ1) is 8.54. The molecule has 1 N–H and O–H groups in total. The van der Waals surface area contributed by atoms with E-state index in [4.69, 9.17) is 0 Å². The van der Waals surface area contributed by atoms with E-state index in [1.807, 2.05) is 11.3 Å². The van der Waals surface area contributed by atoms with Crippen LogP contribution in [-0.2, 0) is 6.42 Å². The minimum atomic E-state index is 0.224. The molecule has 0 spiro atoms. The summed E-state index contributed by atoms with van der Waals surface area (Å²) < 4.78 is 1.23. The minimum Gasteiger partial charge on any atom is -0.315 e. The summed E-state index contributed by atoms with van der Waals surface area (Å²) in [6, 6.07) is 4.88. The third-order valence-electron chi connectivity index (χ3n) is 4.16. The van der Waals surface area contributed by atoms with Crippen LogP contribution in [0.5, 0.6) is 0 Å². The lowest BCUT2D eigenvalue weighted by molar-refractivity contribution is 0.110. The molecular weight excluding hydrogens is 308 g/mol. The van der Waals surface area contributed by atoms with Crippen LogP contribution in [0, 0.1) is 0 Å². The monoisotopic (exact) mass is 330 g/mol. The largest absolute Gasteiger partial charge is 0.315 e. The van der Waals surface area contributed by atoms with Gasteiger partial charge in [-0.1, -0.05) is 0 Å². The third-order valence-corrected chi connectivity index (χ3v) is 5.80. The second-order valence-electron chi connectivity index (χ2n) is 5.60. The quantitative estimate of drug-likeness (QED) is 0.888. The number of likely N-dealkylation sites (tertiary alicyclic amines) is 1. The smallest absolute Gasteiger partial charge is 0.0701 e. The lowest BCUT2D eigenvalue weighted by Crippen LogP contribution is -2.56. The summed E-state index contributed by atoms with van der Waals surface area (Å²) in [6.45, 7) is 7.25. The van der Waals surface area contributed by atoms with Gasteiger partial charge in [0.2, 0.25) is 0 Å². The van der Waals surface area contributed by atoms with Gasteiger partial charge in [-0.3, -0.25) is 4.90 Å². The van der Waals surface area contributed by atoms with E-state index in [2.05, 4.69) is 59.2 Å². The van der Waals surface area contributed by atoms with E-state index in [1.165, 1.54) is 34.6 Å². The van der Waals surface area contributed by atoms with Crippen LogP contribution < -0.4 is 5.32 Å². The van der Waals surface area contributed by atoms with E-state index < -0.39 is 0 Å². The standard InChI is InChI=1S/C14H23BrN2S/c1-14(2,17-8-4-5-9-17)12(16-3)10-11-6-7-13(15)18-11/h6-7,12,16H,4-5,8-10H2,1-3H3. The van der Waals surface area contributed by atoms with Crippen molar-refractivity contribution in [3.8, 4) is 0 Å². The molecule has 1 aromatic rings. The number of hydrogen-bond acceptors (Lipinski definition) is 3. The molecule has 4 heteroatoms. The lowest BCUT2D eigenvalue weighted by Gasteiger charge is -2.42. The van der Waals surface area contributed by atoms with Crippen LogP contribution in [0.25, 0.3) is 0 Å². The molecule has 1 saturated heterocycles. The van der Waals surface area contributed by atoms with Gasteiger partial charge in [-0.25, -0.2) is 0 Å². The van der Waals surface area contributed by atoms with Crippen molar-refractivity contribution in [3.63, 3.8) is 0 Å². The third kappa shape index (κ3) is 3.16. The van der Waals surface area contributed by atoms with Gasteiger partial charge < -0.3 is 5.32 Å². The van der Waals surface area contributed by atoms with Crippen molar-refractivity contribution < 1.29 is 0 Å². The average Bonchev–Trinajstić information content (AvgIpc) is 2.96. The molecule has 1 fully saturated rings. The minimum absolute atomic E-state index is 0.224. The van der Waals surface area contributed by atoms with Gasteiger partial charge in [0, 0.05) is 16.5 Å². The number of thiophene rings is 1. The van der Waals surface area contributed by atoms with Gasteiger partial charge in [-0.15, -0.1) is 11.3 Å². The number of nitrogens with one attached hydrogen (secondary N) is 1. The Bertz CT molecular complexity index is 383. The zero-order valence-corrected chi connectivity index (χ0v) is 13.9. The molecule has 1 aliphatic rings. The highest BCUT2D eigenvalue weighted by molar-refractivity contribution is 9.11. The van der Waals surface area contributed by atoms with Crippen molar-refractivity contribution in [3.05, 3.63) is 20.8 Å². The number of hydrogen-bond donors (Lipinski definition) is 1. The molecule has 1 atom stereocenters. The Balaban J connectivity index is 2.06. The summed E-state index contributed by atoms with van der Waals surface area (Å²) in [5, 5.41) is 3.53. The van der Waals surface area contributed by atoms with E-state index in [9.17, 15) is 0 Å². The first-order valence-corrected chi connectivity index (χ1v) is 8.31. The molecule has 0 saturated carbocycles. The number of rotatable bonds is 5. The van der Waals surface area contributed by atoms with Gasteiger partial charge in [-0.05, 0) is 81.3 Å². The molecule has 1 unspecified atom stereocenters. The highest BCUT2D eigenvalue weighted by Gasteiger charge is 2.36. The predicted molar refractivity (Wildman–Crippen MR) is 83.5 cm³/mol. The fourth-order valence-electron chi connectivity index (χ4n) is 2.88. The number of halogens is 1. The van der Waals surface area contributed by atoms with E-state index in [-0.39, 0.29) is 5.54 Å². The number of likely N-dealkylation sites (N-methyl/N-ethyl adjacent to an activating group) is 1. The molecule has 1 aliphatic heterocycles. The molecule has 2 rings (SSSR count). The zero-order chi connectivity index (χ0) is 13.2. The van der Waals surface area contributed by atoms with E-state index in [0.29, 0.717) is 6.04 Å². The highest BCUT2D eigenvalue weighted by Crippen LogP contribution is 2.29. The maximum Gasteiger partial charge on any atom is 0.0701 e. The Morgan fingerprint density at radius 1 is 1.39 bits per heavy atom. The van der Waals surface area contributed by atoms with Crippen molar-refractivity contribution in [1.82, 2.24) is 10.2 Å². The van der Waals surface area contributed by atoms with Crippen molar-refractivity contribution in [2.45, 2.75) is 44.7 Å². The molecule has 1 aromatic heterocycles. The Labute approximate surface area is 123 Å². The first-order valence-electron chi connectivity index (χ1n) is 6.70. The van der Waals surface area contributed by atoms with Crippen molar-refractivity contribution in [1.29, 1.82) is 0 Å². The van der Waals surface area contributed by atoms with Gasteiger partial charge in [0.25, 0.3) is 0 Å². The molecule has 18 heavy (non-hydrogen) atoms. The Kier molecular flexibility index (Phi) is 4.86. The zero-order valence-electron chi connectivity index (χ0n) is 11.5. The molecule has 102 valence electrons. The Morgan fingerprint density at radius 3 is 2.56 bits per heavy atom. The van der Waals surface area contributed by atoms with Crippen LogP contribution in [0.4, 0.5) is 0 Å². The topological polar surface area (TPSA) is 15.3 Å². The summed E-state index contributed by atoms with van der Waals surface area (Å²) in [5.41, 5.74) is 0.224. The van der Waals surface area contributed by atoms with Gasteiger partial charge in [-0.2, -0.15) is 0 Å². The molecule has 0 aliphatic carbocycles. The maximum absolute atomic E-state index is 3.55. The van der Waals surface area contributed by atoms with Crippen LogP contribution in [0.1, 0.15) is 31.6 Å². The van der Waals surface area contributed by atoms with Gasteiger partial charge in [0.15, 0.2) is 0 Å². The molecule has 0 radical (unpaired) electrons. The molecule has 0 bridgehead atoms. The van der Waals surface area contributed by atoms with Gasteiger partial charge in [0.1, 0.15) is 0 Å². The summed E-state index contributed by atoms with van der Waals surface area (Å²) in [4.78, 5) is 4.09. The second kappa shape index (κ2) is 6.04. The summed E-state index contributed by atoms with van der Waals surface area (Å²) >= 11 is 5.40. The molecule has 2 nitrogen and oxygen atoms in total. The molecule has 0 amide bonds. The van der Waals surface area contributed by atoms with Crippen LogP contribution in [0.15, 0.2) is 15.9 Å². The maximum atomic E-state index is 3.55. The highest BCUT2D eigenvalue weighted by atomic mass is 79.9. The SMILES string of the molecule is CNC(Cc1ccc(Br)s1)C(C)(C)N1CCCC1. The van der Waals surface area contributed by atoms with Crippen LogP contribution >= 0.6 is 27.3 Å². The predicted octanol–water partition coefficient (Wildman–Crippen LogP) is 3.52. The van der Waals surface area contributed by atoms with Crippen molar-refractivity contribution >= 4 is 27.3 Å². The van der Waals surface area contributed by atoms with Gasteiger partial charge >= 0.3 is 0 Å². The molecular formula is C14H23BrN2S. The second-order valence-corrected chi connectivity index (χ2v) is 8.15. The average molecular weight is 331 g/mol. The first kappa shape index (κ1) is 14.5. The Morgan fingerprint density at radius 2 is 2.06 bits per heavy atom. The fourth-order valence-corrected chi connectivity index (χ4v) is 4.41. The summed E-state index contributed by atoms with van der Waals surface area (Å²) in [6.07, 6.45) is 3.81. The number of nitrogens with zero attached hydrogens (tertiary/aromatic N) is 1. The van der Waals surface area contributed by atoms with Crippen molar-refractivity contribution in [2.24, 2.45) is 0 Å².